The zero-order valence-corrected chi connectivity index (χ0v) is 79.8. The minimum absolute atomic E-state index is 0.0191. The van der Waals surface area contributed by atoms with E-state index in [-0.39, 0.29) is 50.4 Å². The van der Waals surface area contributed by atoms with Crippen molar-refractivity contribution in [2.45, 2.75) is 99.1 Å². The smallest absolute Gasteiger partial charge is 0.406 e. The first kappa shape index (κ1) is 97.6. The van der Waals surface area contributed by atoms with Crippen LogP contribution in [0.25, 0.3) is 123 Å². The number of halogens is 3. The Morgan fingerprint density at radius 1 is 0.414 bits per heavy atom. The van der Waals surface area contributed by atoms with Gasteiger partial charge < -0.3 is 76.4 Å². The van der Waals surface area contributed by atoms with Crippen LogP contribution in [0.2, 0.25) is 0 Å². The summed E-state index contributed by atoms with van der Waals surface area (Å²) in [5.74, 6) is 5.38. The first-order chi connectivity index (χ1) is 70.7. The Balaban J connectivity index is 0.000000127. The highest BCUT2D eigenvalue weighted by Gasteiger charge is 2.33. The molecule has 17 heterocycles. The number of likely N-dealkylation sites (tertiary alicyclic amines) is 1. The standard InChI is InChI=1S/C28H29N7O4.C24H20F3N7O4.2C24H23N7O3/c1-3-18-10-12-34(13-11-18)28(36)19-8-9-20(29-15-19)16-38-27-23-7-5-4-6-22(23)25-30-31-26(35(25)32-27)24-14-21(17-37-2)39-33-24;1-33(13-24(25,26)27)23(35)14-7-8-15(28-10-14)11-37-22-18-6-4-3-5-17(18)20-29-30-21(34(20)31-22)19-9-16(12-36-2)38-32-19;1-4-25-15(2)20-11-7-8-16(26-20)13-33-24-19-10-6-5-9-18(19)22-27-28-23(31(22)29-24)21-12-17(14-32-3)34-30-21;1-4-25-15(2)16-9-10-26-17(11-16)13-33-24-20-8-6-5-7-19(20)22-27-28-23(31(22)29-24)21-12-18(14-32-3)34-30-21/h4-9,14-15,18H,3,10-13,16-17H2,1-2H3;3-10H,11-13H2,1-2H3;2*5-12,25H,2,4,13-14H2,1,3H3. The van der Waals surface area contributed by atoms with Crippen LogP contribution in [0.5, 0.6) is 23.5 Å². The summed E-state index contributed by atoms with van der Waals surface area (Å²) in [5.41, 5.74) is 10.8. The first-order valence-electron chi connectivity index (χ1n) is 45.9. The second kappa shape index (κ2) is 44.5. The number of methoxy groups -OCH3 is 4. The molecule has 740 valence electrons. The third-order valence-corrected chi connectivity index (χ3v) is 23.1. The van der Waals surface area contributed by atoms with Gasteiger partial charge in [-0.15, -0.1) is 61.2 Å². The van der Waals surface area contributed by atoms with Gasteiger partial charge in [0, 0.05) is 159 Å². The van der Waals surface area contributed by atoms with Crippen LogP contribution >= 0.6 is 0 Å². The maximum Gasteiger partial charge on any atom is 0.406 e. The minimum atomic E-state index is -4.49. The molecule has 1 saturated heterocycles. The number of carbonyl (C=O) groups excluding carboxylic acids is 2. The van der Waals surface area contributed by atoms with Crippen LogP contribution in [-0.4, -0.2) is 216 Å². The summed E-state index contributed by atoms with van der Waals surface area (Å²) >= 11 is 0. The summed E-state index contributed by atoms with van der Waals surface area (Å²) in [6.45, 7) is 17.9. The van der Waals surface area contributed by atoms with Gasteiger partial charge in [0.1, 0.15) is 59.4 Å². The van der Waals surface area contributed by atoms with E-state index in [1.54, 1.807) is 78.6 Å². The maximum atomic E-state index is 12.9. The molecule has 2 amide bonds. The fraction of sp³-hybridized carbons (Fsp3) is 0.260. The second-order valence-corrected chi connectivity index (χ2v) is 33.1. The summed E-state index contributed by atoms with van der Waals surface area (Å²) in [6.07, 6.45) is 3.38. The third-order valence-electron chi connectivity index (χ3n) is 23.1. The van der Waals surface area contributed by atoms with Crippen LogP contribution in [0.15, 0.2) is 226 Å². The summed E-state index contributed by atoms with van der Waals surface area (Å²) in [6, 6.07) is 53.7. The van der Waals surface area contributed by atoms with E-state index in [0.717, 1.165) is 118 Å². The number of nitrogens with one attached hydrogen (secondary N) is 2. The number of fused-ring (bicyclic) bond motifs is 12. The summed E-state index contributed by atoms with van der Waals surface area (Å²) in [4.78, 5) is 45.4. The lowest BCUT2D eigenvalue weighted by Gasteiger charge is -2.31. The third kappa shape index (κ3) is 22.1. The van der Waals surface area contributed by atoms with Gasteiger partial charge in [-0.2, -0.15) is 31.2 Å². The predicted molar refractivity (Wildman–Crippen MR) is 520 cm³/mol. The first-order valence-corrected chi connectivity index (χ1v) is 45.9. The molecule has 0 unspecified atom stereocenters. The maximum absolute atomic E-state index is 12.9. The number of pyridine rings is 4. The monoisotopic (exact) mass is 1970 g/mol. The van der Waals surface area contributed by atoms with E-state index in [1.165, 1.54) is 29.3 Å². The molecule has 0 saturated carbocycles. The van der Waals surface area contributed by atoms with Crippen molar-refractivity contribution in [3.05, 3.63) is 276 Å². The Morgan fingerprint density at radius 3 is 1.14 bits per heavy atom. The van der Waals surface area contributed by atoms with Crippen LogP contribution < -0.4 is 29.6 Å². The second-order valence-electron chi connectivity index (χ2n) is 33.1. The molecule has 145 heavy (non-hydrogen) atoms. The van der Waals surface area contributed by atoms with Gasteiger partial charge in [0.15, 0.2) is 68.4 Å². The molecule has 0 atom stereocenters. The largest absolute Gasteiger partial charge is 0.470 e. The number of hydrogen-bond acceptors (Lipinski definition) is 36. The van der Waals surface area contributed by atoms with Crippen molar-refractivity contribution in [3.8, 4) is 69.6 Å². The van der Waals surface area contributed by atoms with Crippen molar-refractivity contribution >= 4 is 88.9 Å². The van der Waals surface area contributed by atoms with Gasteiger partial charge in [0.2, 0.25) is 46.8 Å². The number of amides is 2. The number of carbonyl (C=O) groups is 2. The van der Waals surface area contributed by atoms with E-state index in [1.807, 2.05) is 158 Å². The lowest BCUT2D eigenvalue weighted by molar-refractivity contribution is -0.138. The Hall–Kier alpha value is -17.6. The Kier molecular flexibility index (Phi) is 30.0. The molecule has 0 spiro atoms. The quantitative estimate of drug-likeness (QED) is 0.0378. The molecular weight excluding hydrogens is 1870 g/mol. The minimum Gasteiger partial charge on any atom is -0.470 e. The molecule has 1 aliphatic heterocycles. The van der Waals surface area contributed by atoms with E-state index in [4.69, 9.17) is 71.3 Å². The highest BCUT2D eigenvalue weighted by atomic mass is 19.4. The molecule has 0 aliphatic carbocycles. The van der Waals surface area contributed by atoms with E-state index in [2.05, 4.69) is 117 Å². The zero-order chi connectivity index (χ0) is 101. The van der Waals surface area contributed by atoms with Gasteiger partial charge in [-0.1, -0.05) is 126 Å². The van der Waals surface area contributed by atoms with Crippen LogP contribution in [-0.2, 0) is 71.8 Å². The predicted octanol–water partition coefficient (Wildman–Crippen LogP) is 15.3. The number of nitrogens with zero attached hydrogens (tertiary/aromatic N) is 26. The van der Waals surface area contributed by atoms with Crippen molar-refractivity contribution in [2.24, 2.45) is 5.92 Å². The van der Waals surface area contributed by atoms with Crippen molar-refractivity contribution in [1.29, 1.82) is 0 Å². The molecule has 4 aromatic carbocycles. The normalized spacial score (nSPS) is 12.2. The molecule has 0 bridgehead atoms. The molecule has 45 heteroatoms. The molecule has 0 radical (unpaired) electrons. The zero-order valence-electron chi connectivity index (χ0n) is 79.8. The lowest BCUT2D eigenvalue weighted by atomic mass is 9.94. The van der Waals surface area contributed by atoms with Crippen molar-refractivity contribution in [3.63, 3.8) is 0 Å². The van der Waals surface area contributed by atoms with Crippen LogP contribution in [0.4, 0.5) is 13.2 Å². The topological polar surface area (TPSA) is 467 Å². The highest BCUT2D eigenvalue weighted by molar-refractivity contribution is 6.00. The number of piperidine rings is 1. The van der Waals surface area contributed by atoms with E-state index in [0.29, 0.717) is 162 Å². The van der Waals surface area contributed by atoms with E-state index < -0.39 is 18.6 Å². The average Bonchev–Trinajstić information content (AvgIpc) is 1.64. The Labute approximate surface area is 822 Å². The van der Waals surface area contributed by atoms with Gasteiger partial charge in [-0.3, -0.25) is 24.5 Å². The number of rotatable bonds is 34. The summed E-state index contributed by atoms with van der Waals surface area (Å²) in [7, 11) is 7.39. The summed E-state index contributed by atoms with van der Waals surface area (Å²) in [5, 5.41) is 82.2. The van der Waals surface area contributed by atoms with E-state index >= 15 is 0 Å². The highest BCUT2D eigenvalue weighted by Crippen LogP contribution is 2.37. The number of aromatic nitrogens is 24. The summed E-state index contributed by atoms with van der Waals surface area (Å²) < 4.78 is 110. The molecule has 16 aromatic heterocycles. The number of alkyl halides is 3. The van der Waals surface area contributed by atoms with Gasteiger partial charge in [-0.05, 0) is 105 Å². The van der Waals surface area contributed by atoms with E-state index in [9.17, 15) is 22.8 Å². The molecule has 42 nitrogen and oxygen atoms in total. The molecule has 1 fully saturated rings. The van der Waals surface area contributed by atoms with Crippen molar-refractivity contribution in [1.82, 2.24) is 140 Å². The lowest BCUT2D eigenvalue weighted by Crippen LogP contribution is -2.38. The molecular formula is C100H95F3N28O14. The molecule has 2 N–H and O–H groups in total. The van der Waals surface area contributed by atoms with Crippen LogP contribution in [0, 0.1) is 5.92 Å². The average molecular weight is 1970 g/mol. The van der Waals surface area contributed by atoms with Gasteiger partial charge in [0.05, 0.1) is 45.3 Å². The van der Waals surface area contributed by atoms with Crippen molar-refractivity contribution in [2.75, 3.05) is 68.2 Å². The van der Waals surface area contributed by atoms with Crippen LogP contribution in [0.3, 0.4) is 0 Å². The fourth-order valence-corrected chi connectivity index (χ4v) is 16.0. The fourth-order valence-electron chi connectivity index (χ4n) is 16.0. The number of ether oxygens (including phenoxy) is 8. The number of benzene rings is 4. The van der Waals surface area contributed by atoms with Gasteiger partial charge in [0.25, 0.3) is 11.8 Å². The SMILES string of the molecule is C=C(NCC)c1cccc(COc2nn3c(-c4cc(COC)on4)nnc3c3ccccc23)n1.C=C(NCC)c1ccnc(COc2nn3c(-c4cc(COC)on4)nnc3c3ccccc23)c1.CCC1CCN(C(=O)c2ccc(COc3nn4c(-c5cc(COC)on5)nnc4c4ccccc34)nc2)CC1.COCc1cc(-c2nnc3c4ccccc4c(OCc4ccc(C(=O)N(C)CC(F)(F)F)cn4)nn23)no1. The molecule has 1 aliphatic rings. The van der Waals surface area contributed by atoms with Crippen molar-refractivity contribution < 1.29 is 78.7 Å². The van der Waals surface area contributed by atoms with Crippen LogP contribution in [0.1, 0.15) is 118 Å². The molecule has 21 rings (SSSR count). The molecule has 20 aromatic rings. The van der Waals surface area contributed by atoms with Gasteiger partial charge >= 0.3 is 6.18 Å². The van der Waals surface area contributed by atoms with Gasteiger partial charge in [-0.25, -0.2) is 4.98 Å². The Morgan fingerprint density at radius 2 is 0.779 bits per heavy atom. The number of hydrogen-bond donors (Lipinski definition) is 2. The Bertz CT molecular complexity index is 7790.